The smallest absolute Gasteiger partial charge is 0.306 e. The average molecular weight is 456 g/mol. The number of benzene rings is 2. The molecule has 1 atom stereocenters. The van der Waals surface area contributed by atoms with Crippen LogP contribution in [0.4, 0.5) is 0 Å². The third-order valence-electron chi connectivity index (χ3n) is 4.96. The predicted molar refractivity (Wildman–Crippen MR) is 126 cm³/mol. The summed E-state index contributed by atoms with van der Waals surface area (Å²) in [5.74, 6) is 1.37. The van der Waals surface area contributed by atoms with E-state index in [-0.39, 0.29) is 19.1 Å². The first-order valence-electron chi connectivity index (χ1n) is 10.7. The number of aryl methyl sites for hydroxylation is 2. The molecule has 0 saturated heterocycles. The molecule has 0 bridgehead atoms. The summed E-state index contributed by atoms with van der Waals surface area (Å²) in [6.45, 7) is 6.74. The second-order valence-corrected chi connectivity index (χ2v) is 8.40. The number of carbonyl (C=O) groups is 1. The zero-order valence-corrected chi connectivity index (χ0v) is 19.5. The maximum atomic E-state index is 10.6. The Morgan fingerprint density at radius 1 is 1.12 bits per heavy atom. The summed E-state index contributed by atoms with van der Waals surface area (Å²) in [5, 5.41) is 11.6. The summed E-state index contributed by atoms with van der Waals surface area (Å²) in [4.78, 5) is 15.1. The van der Waals surface area contributed by atoms with E-state index in [4.69, 9.17) is 19.3 Å². The first-order valence-corrected chi connectivity index (χ1v) is 11.6. The number of aromatic nitrogens is 1. The SMILES string of the molecule is CCc1ccc(OC(C)CCOc2ccc(OCCC(=O)O)c(C)c2)c(-c2nccs2)c1. The van der Waals surface area contributed by atoms with Gasteiger partial charge >= 0.3 is 5.97 Å². The molecular weight excluding hydrogens is 426 g/mol. The predicted octanol–water partition coefficient (Wildman–Crippen LogP) is 5.77. The molecule has 0 aliphatic heterocycles. The minimum Gasteiger partial charge on any atom is -0.493 e. The normalized spacial score (nSPS) is 11.7. The Kier molecular flexibility index (Phi) is 8.50. The zero-order chi connectivity index (χ0) is 22.9. The van der Waals surface area contributed by atoms with Crippen LogP contribution in [-0.4, -0.2) is 35.4 Å². The van der Waals surface area contributed by atoms with Crippen molar-refractivity contribution < 1.29 is 24.1 Å². The van der Waals surface area contributed by atoms with Gasteiger partial charge in [-0.1, -0.05) is 13.0 Å². The molecule has 0 saturated carbocycles. The van der Waals surface area contributed by atoms with Gasteiger partial charge in [-0.15, -0.1) is 11.3 Å². The maximum Gasteiger partial charge on any atom is 0.306 e. The number of rotatable bonds is 12. The molecule has 0 aliphatic rings. The number of thiazole rings is 1. The van der Waals surface area contributed by atoms with E-state index in [0.717, 1.165) is 40.5 Å². The van der Waals surface area contributed by atoms with Crippen LogP contribution in [0.1, 0.15) is 37.8 Å². The lowest BCUT2D eigenvalue weighted by Gasteiger charge is -2.18. The van der Waals surface area contributed by atoms with Crippen molar-refractivity contribution in [1.29, 1.82) is 0 Å². The van der Waals surface area contributed by atoms with E-state index >= 15 is 0 Å². The van der Waals surface area contributed by atoms with E-state index in [0.29, 0.717) is 12.4 Å². The van der Waals surface area contributed by atoms with Gasteiger partial charge in [0.1, 0.15) is 22.3 Å². The molecule has 170 valence electrons. The largest absolute Gasteiger partial charge is 0.493 e. The first-order chi connectivity index (χ1) is 15.5. The molecule has 1 N–H and O–H groups in total. The summed E-state index contributed by atoms with van der Waals surface area (Å²) in [5.41, 5.74) is 3.19. The third-order valence-corrected chi connectivity index (χ3v) is 5.76. The van der Waals surface area contributed by atoms with E-state index in [9.17, 15) is 4.79 Å². The van der Waals surface area contributed by atoms with Gasteiger partial charge < -0.3 is 19.3 Å². The molecule has 1 aromatic heterocycles. The fraction of sp³-hybridized carbons (Fsp3) is 0.360. The summed E-state index contributed by atoms with van der Waals surface area (Å²) < 4.78 is 17.6. The molecule has 0 radical (unpaired) electrons. The third kappa shape index (κ3) is 6.72. The van der Waals surface area contributed by atoms with Crippen molar-refractivity contribution >= 4 is 17.3 Å². The van der Waals surface area contributed by atoms with E-state index in [1.54, 1.807) is 11.3 Å². The molecule has 6 nitrogen and oxygen atoms in total. The van der Waals surface area contributed by atoms with Crippen molar-refractivity contribution in [1.82, 2.24) is 4.98 Å². The van der Waals surface area contributed by atoms with Gasteiger partial charge in [-0.05, 0) is 61.7 Å². The number of carboxylic acid groups (broad SMARTS) is 1. The summed E-state index contributed by atoms with van der Waals surface area (Å²) >= 11 is 1.61. The number of hydrogen-bond donors (Lipinski definition) is 1. The molecular formula is C25H29NO5S. The lowest BCUT2D eigenvalue weighted by Crippen LogP contribution is -2.16. The van der Waals surface area contributed by atoms with E-state index in [1.165, 1.54) is 5.56 Å². The molecule has 32 heavy (non-hydrogen) atoms. The summed E-state index contributed by atoms with van der Waals surface area (Å²) in [6.07, 6.45) is 3.44. The highest BCUT2D eigenvalue weighted by Crippen LogP contribution is 2.33. The molecule has 7 heteroatoms. The first kappa shape index (κ1) is 23.6. The van der Waals surface area contributed by atoms with Crippen LogP contribution in [0.15, 0.2) is 48.0 Å². The zero-order valence-electron chi connectivity index (χ0n) is 18.7. The summed E-state index contributed by atoms with van der Waals surface area (Å²) in [6, 6.07) is 11.8. The monoisotopic (exact) mass is 455 g/mol. The molecule has 2 aromatic carbocycles. The highest BCUT2D eigenvalue weighted by molar-refractivity contribution is 7.13. The summed E-state index contributed by atoms with van der Waals surface area (Å²) in [7, 11) is 0. The molecule has 0 aliphatic carbocycles. The van der Waals surface area contributed by atoms with Crippen LogP contribution in [-0.2, 0) is 11.2 Å². The van der Waals surface area contributed by atoms with Crippen molar-refractivity contribution in [3.63, 3.8) is 0 Å². The standard InChI is InChI=1S/C25H29NO5S/c1-4-19-5-7-23(21(16-19)25-26-11-14-32-25)31-18(3)9-12-29-20-6-8-22(17(2)15-20)30-13-10-24(27)28/h5-8,11,14-16,18H,4,9-10,12-13H2,1-3H3,(H,27,28). The van der Waals surface area contributed by atoms with Crippen LogP contribution in [0.2, 0.25) is 0 Å². The van der Waals surface area contributed by atoms with Gasteiger partial charge in [-0.25, -0.2) is 4.98 Å². The van der Waals surface area contributed by atoms with Gasteiger partial charge in [0.05, 0.1) is 31.3 Å². The molecule has 1 heterocycles. The van der Waals surface area contributed by atoms with E-state index in [2.05, 4.69) is 24.0 Å². The van der Waals surface area contributed by atoms with E-state index in [1.807, 2.05) is 49.7 Å². The van der Waals surface area contributed by atoms with Gasteiger partial charge in [0.15, 0.2) is 0 Å². The van der Waals surface area contributed by atoms with Gasteiger partial charge in [0, 0.05) is 18.0 Å². The Hall–Kier alpha value is -3.06. The number of aliphatic carboxylic acids is 1. The highest BCUT2D eigenvalue weighted by Gasteiger charge is 2.13. The number of hydrogen-bond acceptors (Lipinski definition) is 6. The van der Waals surface area contributed by atoms with Gasteiger partial charge in [-0.2, -0.15) is 0 Å². The minimum atomic E-state index is -0.876. The van der Waals surface area contributed by atoms with Crippen molar-refractivity contribution in [2.45, 2.75) is 46.1 Å². The fourth-order valence-corrected chi connectivity index (χ4v) is 3.82. The van der Waals surface area contributed by atoms with Crippen LogP contribution in [0, 0.1) is 6.92 Å². The molecule has 1 unspecified atom stereocenters. The van der Waals surface area contributed by atoms with Crippen LogP contribution in [0.25, 0.3) is 10.6 Å². The second-order valence-electron chi connectivity index (χ2n) is 7.51. The van der Waals surface area contributed by atoms with Gasteiger partial charge in [0.2, 0.25) is 0 Å². The van der Waals surface area contributed by atoms with E-state index < -0.39 is 5.97 Å². The molecule has 0 fully saturated rings. The topological polar surface area (TPSA) is 77.9 Å². The Labute approximate surface area is 192 Å². The van der Waals surface area contributed by atoms with Crippen LogP contribution >= 0.6 is 11.3 Å². The lowest BCUT2D eigenvalue weighted by atomic mass is 10.1. The van der Waals surface area contributed by atoms with Crippen LogP contribution < -0.4 is 14.2 Å². The van der Waals surface area contributed by atoms with Crippen LogP contribution in [0.5, 0.6) is 17.2 Å². The van der Waals surface area contributed by atoms with Gasteiger partial charge in [-0.3, -0.25) is 4.79 Å². The molecule has 3 rings (SSSR count). The Morgan fingerprint density at radius 2 is 1.94 bits per heavy atom. The molecule has 0 amide bonds. The van der Waals surface area contributed by atoms with Crippen molar-refractivity contribution in [3.8, 4) is 27.8 Å². The minimum absolute atomic E-state index is 0.0268. The van der Waals surface area contributed by atoms with Crippen LogP contribution in [0.3, 0.4) is 0 Å². The van der Waals surface area contributed by atoms with Crippen molar-refractivity contribution in [2.24, 2.45) is 0 Å². The van der Waals surface area contributed by atoms with Crippen molar-refractivity contribution in [3.05, 3.63) is 59.1 Å². The molecule has 3 aromatic rings. The van der Waals surface area contributed by atoms with Gasteiger partial charge in [0.25, 0.3) is 0 Å². The quantitative estimate of drug-likeness (QED) is 0.373. The Bertz CT molecular complexity index is 1020. The fourth-order valence-electron chi connectivity index (χ4n) is 3.16. The molecule has 0 spiro atoms. The Morgan fingerprint density at radius 3 is 2.62 bits per heavy atom. The Balaban J connectivity index is 1.53. The van der Waals surface area contributed by atoms with Crippen molar-refractivity contribution in [2.75, 3.05) is 13.2 Å². The maximum absolute atomic E-state index is 10.6. The lowest BCUT2D eigenvalue weighted by molar-refractivity contribution is -0.137. The average Bonchev–Trinajstić information content (AvgIpc) is 3.30. The number of ether oxygens (including phenoxy) is 3. The number of nitrogens with zero attached hydrogens (tertiary/aromatic N) is 1. The second kappa shape index (κ2) is 11.5. The number of carboxylic acids is 1. The highest BCUT2D eigenvalue weighted by atomic mass is 32.1.